The van der Waals surface area contributed by atoms with Crippen LogP contribution in [0.3, 0.4) is 0 Å². The molecule has 6 heavy (non-hydrogen) atoms. The van der Waals surface area contributed by atoms with Crippen LogP contribution in [0.25, 0.3) is 0 Å². The highest BCUT2D eigenvalue weighted by atomic mass is 79.9. The molecule has 0 heterocycles. The average molecular weight is 153 g/mol. The SMILES string of the molecule is CCNCC.[Br-]. The zero-order valence-corrected chi connectivity index (χ0v) is 5.88. The second-order valence-electron chi connectivity index (χ2n) is 0.957. The van der Waals surface area contributed by atoms with Crippen LogP contribution in [0.2, 0.25) is 0 Å². The van der Waals surface area contributed by atoms with Gasteiger partial charge in [0.1, 0.15) is 0 Å². The highest BCUT2D eigenvalue weighted by Gasteiger charge is 1.62. The minimum atomic E-state index is 0. The number of halogens is 1. The first-order chi connectivity index (χ1) is 2.41. The molecule has 0 fully saturated rings. The van der Waals surface area contributed by atoms with E-state index in [0.717, 1.165) is 13.1 Å². The second kappa shape index (κ2) is 9.06. The lowest BCUT2D eigenvalue weighted by molar-refractivity contribution is -0.00000129. The van der Waals surface area contributed by atoms with Crippen LogP contribution in [0, 0.1) is 0 Å². The number of nitrogens with one attached hydrogen (secondary N) is 1. The van der Waals surface area contributed by atoms with Crippen LogP contribution in [0.4, 0.5) is 0 Å². The van der Waals surface area contributed by atoms with Gasteiger partial charge in [-0.05, 0) is 13.1 Å². The molecule has 0 saturated carbocycles. The topological polar surface area (TPSA) is 12.0 Å². The van der Waals surface area contributed by atoms with Crippen molar-refractivity contribution in [1.82, 2.24) is 5.32 Å². The van der Waals surface area contributed by atoms with E-state index in [2.05, 4.69) is 19.2 Å². The van der Waals surface area contributed by atoms with Gasteiger partial charge in [-0.15, -0.1) is 0 Å². The molecule has 0 aliphatic heterocycles. The molecule has 1 nitrogen and oxygen atoms in total. The summed E-state index contributed by atoms with van der Waals surface area (Å²) in [4.78, 5) is 0. The molecule has 0 amide bonds. The Balaban J connectivity index is 0. The predicted octanol–water partition coefficient (Wildman–Crippen LogP) is -2.38. The normalized spacial score (nSPS) is 7.00. The standard InChI is InChI=1S/C4H11N.BrH/c1-3-5-4-2;/h5H,3-4H2,1-2H3;1H/p-1. The van der Waals surface area contributed by atoms with Crippen LogP contribution >= 0.6 is 0 Å². The monoisotopic (exact) mass is 152 g/mol. The second-order valence-corrected chi connectivity index (χ2v) is 0.957. The molecule has 0 bridgehead atoms. The lowest BCUT2D eigenvalue weighted by atomic mass is 10.7. The summed E-state index contributed by atoms with van der Waals surface area (Å²) >= 11 is 0. The van der Waals surface area contributed by atoms with Gasteiger partial charge < -0.3 is 22.3 Å². The zero-order valence-electron chi connectivity index (χ0n) is 4.29. The Kier molecular flexibility index (Phi) is 14.6. The molecule has 0 saturated heterocycles. The van der Waals surface area contributed by atoms with Crippen molar-refractivity contribution in [3.8, 4) is 0 Å². The Morgan fingerprint density at radius 3 is 1.50 bits per heavy atom. The van der Waals surface area contributed by atoms with Crippen molar-refractivity contribution in [3.63, 3.8) is 0 Å². The van der Waals surface area contributed by atoms with Crippen LogP contribution in [-0.4, -0.2) is 13.1 Å². The fourth-order valence-corrected chi connectivity index (χ4v) is 0.250. The van der Waals surface area contributed by atoms with Crippen molar-refractivity contribution in [3.05, 3.63) is 0 Å². The third-order valence-corrected chi connectivity index (χ3v) is 0.500. The third kappa shape index (κ3) is 8.83. The first kappa shape index (κ1) is 9.67. The largest absolute Gasteiger partial charge is 1.00 e. The summed E-state index contributed by atoms with van der Waals surface area (Å²) in [6.45, 7) is 6.39. The van der Waals surface area contributed by atoms with E-state index in [1.807, 2.05) is 0 Å². The van der Waals surface area contributed by atoms with E-state index >= 15 is 0 Å². The maximum absolute atomic E-state index is 3.11. The van der Waals surface area contributed by atoms with Crippen molar-refractivity contribution in [1.29, 1.82) is 0 Å². The first-order valence-electron chi connectivity index (χ1n) is 2.12. The highest BCUT2D eigenvalue weighted by Crippen LogP contribution is 1.47. The molecule has 0 aliphatic rings. The molecule has 0 aromatic rings. The quantitative estimate of drug-likeness (QED) is 0.467. The van der Waals surface area contributed by atoms with Gasteiger partial charge in [-0.2, -0.15) is 0 Å². The van der Waals surface area contributed by atoms with E-state index in [1.54, 1.807) is 0 Å². The molecule has 40 valence electrons. The number of hydrogen-bond donors (Lipinski definition) is 1. The molecular formula is C4H11BrN-. The Hall–Kier alpha value is 0.440. The Labute approximate surface area is 49.9 Å². The van der Waals surface area contributed by atoms with Crippen LogP contribution in [0.15, 0.2) is 0 Å². The van der Waals surface area contributed by atoms with E-state index in [9.17, 15) is 0 Å². The molecule has 0 aromatic carbocycles. The zero-order chi connectivity index (χ0) is 4.12. The van der Waals surface area contributed by atoms with Crippen LogP contribution in [0.5, 0.6) is 0 Å². The molecule has 2 heteroatoms. The van der Waals surface area contributed by atoms with Gasteiger partial charge in [0.05, 0.1) is 0 Å². The predicted molar refractivity (Wildman–Crippen MR) is 24.2 cm³/mol. The van der Waals surface area contributed by atoms with E-state index in [4.69, 9.17) is 0 Å². The maximum Gasteiger partial charge on any atom is -0.00775 e. The third-order valence-electron chi connectivity index (χ3n) is 0.500. The summed E-state index contributed by atoms with van der Waals surface area (Å²) in [5.41, 5.74) is 0. The van der Waals surface area contributed by atoms with Gasteiger partial charge in [-0.25, -0.2) is 0 Å². The maximum atomic E-state index is 3.11. The minimum Gasteiger partial charge on any atom is -1.00 e. The molecule has 0 aromatic heterocycles. The summed E-state index contributed by atoms with van der Waals surface area (Å²) in [6.07, 6.45) is 0. The van der Waals surface area contributed by atoms with Gasteiger partial charge >= 0.3 is 0 Å². The minimum absolute atomic E-state index is 0. The molecule has 0 radical (unpaired) electrons. The van der Waals surface area contributed by atoms with Crippen LogP contribution < -0.4 is 22.3 Å². The van der Waals surface area contributed by atoms with Crippen molar-refractivity contribution in [2.75, 3.05) is 13.1 Å². The smallest absolute Gasteiger partial charge is 0.00775 e. The Morgan fingerprint density at radius 1 is 1.17 bits per heavy atom. The van der Waals surface area contributed by atoms with E-state index in [1.165, 1.54) is 0 Å². The molecular weight excluding hydrogens is 142 g/mol. The summed E-state index contributed by atoms with van der Waals surface area (Å²) in [5, 5.41) is 3.11. The summed E-state index contributed by atoms with van der Waals surface area (Å²) in [6, 6.07) is 0. The van der Waals surface area contributed by atoms with Crippen molar-refractivity contribution >= 4 is 0 Å². The average Bonchev–Trinajstić information content (AvgIpc) is 1.41. The van der Waals surface area contributed by atoms with Crippen molar-refractivity contribution < 1.29 is 17.0 Å². The van der Waals surface area contributed by atoms with Crippen LogP contribution in [-0.2, 0) is 0 Å². The van der Waals surface area contributed by atoms with Crippen molar-refractivity contribution in [2.45, 2.75) is 13.8 Å². The van der Waals surface area contributed by atoms with E-state index < -0.39 is 0 Å². The molecule has 0 rings (SSSR count). The highest BCUT2D eigenvalue weighted by molar-refractivity contribution is 4.27. The van der Waals surface area contributed by atoms with Gasteiger partial charge in [0, 0.05) is 0 Å². The fraction of sp³-hybridized carbons (Fsp3) is 1.00. The summed E-state index contributed by atoms with van der Waals surface area (Å²) in [5.74, 6) is 0. The van der Waals surface area contributed by atoms with Crippen molar-refractivity contribution in [2.24, 2.45) is 0 Å². The Morgan fingerprint density at radius 2 is 1.50 bits per heavy atom. The fourth-order valence-electron chi connectivity index (χ4n) is 0.250. The van der Waals surface area contributed by atoms with Gasteiger partial charge in [-0.1, -0.05) is 13.8 Å². The molecule has 0 aliphatic carbocycles. The number of rotatable bonds is 2. The lowest BCUT2D eigenvalue weighted by Gasteiger charge is -1.86. The van der Waals surface area contributed by atoms with Gasteiger partial charge in [0.25, 0.3) is 0 Å². The van der Waals surface area contributed by atoms with Gasteiger partial charge in [-0.3, -0.25) is 0 Å². The van der Waals surface area contributed by atoms with Gasteiger partial charge in [0.2, 0.25) is 0 Å². The summed E-state index contributed by atoms with van der Waals surface area (Å²) in [7, 11) is 0. The molecule has 0 spiro atoms. The lowest BCUT2D eigenvalue weighted by Crippen LogP contribution is -3.00. The Bertz CT molecular complexity index is 15.0. The van der Waals surface area contributed by atoms with Gasteiger partial charge in [0.15, 0.2) is 0 Å². The molecule has 0 unspecified atom stereocenters. The number of hydrogen-bond acceptors (Lipinski definition) is 1. The summed E-state index contributed by atoms with van der Waals surface area (Å²) < 4.78 is 0. The molecule has 0 atom stereocenters. The molecule has 1 N–H and O–H groups in total. The van der Waals surface area contributed by atoms with Crippen LogP contribution in [0.1, 0.15) is 13.8 Å². The first-order valence-corrected chi connectivity index (χ1v) is 2.12. The van der Waals surface area contributed by atoms with E-state index in [0.29, 0.717) is 0 Å². The van der Waals surface area contributed by atoms with E-state index in [-0.39, 0.29) is 17.0 Å².